The van der Waals surface area contributed by atoms with Gasteiger partial charge in [-0.1, -0.05) is 12.1 Å². The molecule has 34 heavy (non-hydrogen) atoms. The number of hydrogen-bond donors (Lipinski definition) is 1. The molecule has 5 rings (SSSR count). The van der Waals surface area contributed by atoms with Gasteiger partial charge >= 0.3 is 0 Å². The van der Waals surface area contributed by atoms with E-state index in [1.54, 1.807) is 11.7 Å². The van der Waals surface area contributed by atoms with Gasteiger partial charge in [0.15, 0.2) is 0 Å². The Balaban J connectivity index is 1.52. The number of fused-ring (bicyclic) bond motifs is 1. The Morgan fingerprint density at radius 2 is 1.71 bits per heavy atom. The third-order valence-electron chi connectivity index (χ3n) is 5.92. The van der Waals surface area contributed by atoms with Crippen molar-refractivity contribution in [3.05, 3.63) is 86.2 Å². The molecule has 0 atom stereocenters. The standard InChI is InChI=1S/C26H25IN4O3/c1-33-22-9-2-18(3-10-22)17-28-26-29-24-11-4-19(27)16-23(24)25(32)31(26)21-7-5-20(6-8-21)30-12-14-34-15-13-30/h2-11,16H,12-15,17H2,1H3,(H,28,29). The highest BCUT2D eigenvalue weighted by atomic mass is 127. The van der Waals surface area contributed by atoms with E-state index >= 15 is 0 Å². The molecule has 1 N–H and O–H groups in total. The highest BCUT2D eigenvalue weighted by Crippen LogP contribution is 2.22. The van der Waals surface area contributed by atoms with Crippen LogP contribution in [-0.2, 0) is 11.3 Å². The summed E-state index contributed by atoms with van der Waals surface area (Å²) in [7, 11) is 1.65. The van der Waals surface area contributed by atoms with E-state index in [0.717, 1.165) is 52.6 Å². The number of rotatable bonds is 6. The van der Waals surface area contributed by atoms with Crippen LogP contribution in [0.4, 0.5) is 11.6 Å². The number of halogens is 1. The first-order chi connectivity index (χ1) is 16.6. The van der Waals surface area contributed by atoms with Gasteiger partial charge in [0, 0.05) is 28.9 Å². The van der Waals surface area contributed by atoms with Crippen LogP contribution in [0.5, 0.6) is 5.75 Å². The van der Waals surface area contributed by atoms with Crippen LogP contribution in [-0.4, -0.2) is 43.0 Å². The average Bonchev–Trinajstić information content (AvgIpc) is 2.89. The monoisotopic (exact) mass is 568 g/mol. The molecule has 1 aromatic heterocycles. The van der Waals surface area contributed by atoms with E-state index in [9.17, 15) is 4.79 Å². The molecule has 174 valence electrons. The smallest absolute Gasteiger partial charge is 0.267 e. The maximum absolute atomic E-state index is 13.6. The van der Waals surface area contributed by atoms with Gasteiger partial charge in [0.2, 0.25) is 5.95 Å². The summed E-state index contributed by atoms with van der Waals surface area (Å²) in [5.41, 5.74) is 3.53. The molecule has 1 fully saturated rings. The molecule has 7 nitrogen and oxygen atoms in total. The minimum absolute atomic E-state index is 0.0973. The van der Waals surface area contributed by atoms with Gasteiger partial charge in [-0.25, -0.2) is 9.55 Å². The third-order valence-corrected chi connectivity index (χ3v) is 6.60. The Morgan fingerprint density at radius 1 is 1.00 bits per heavy atom. The van der Waals surface area contributed by atoms with Crippen molar-refractivity contribution in [2.75, 3.05) is 43.6 Å². The Kier molecular flexibility index (Phi) is 6.68. The van der Waals surface area contributed by atoms with Crippen molar-refractivity contribution in [3.63, 3.8) is 0 Å². The summed E-state index contributed by atoms with van der Waals surface area (Å²) in [6, 6.07) is 21.6. The number of benzene rings is 3. The zero-order chi connectivity index (χ0) is 23.5. The quantitative estimate of drug-likeness (QED) is 0.347. The lowest BCUT2D eigenvalue weighted by molar-refractivity contribution is 0.122. The number of methoxy groups -OCH3 is 1. The first kappa shape index (κ1) is 22.7. The average molecular weight is 568 g/mol. The van der Waals surface area contributed by atoms with Gasteiger partial charge in [0.25, 0.3) is 5.56 Å². The van der Waals surface area contributed by atoms with E-state index in [2.05, 4.69) is 44.9 Å². The largest absolute Gasteiger partial charge is 0.497 e. The van der Waals surface area contributed by atoms with Crippen molar-refractivity contribution >= 4 is 45.1 Å². The zero-order valence-corrected chi connectivity index (χ0v) is 21.0. The van der Waals surface area contributed by atoms with Crippen LogP contribution in [0.3, 0.4) is 0 Å². The van der Waals surface area contributed by atoms with E-state index in [0.29, 0.717) is 23.4 Å². The number of hydrogen-bond acceptors (Lipinski definition) is 6. The summed E-state index contributed by atoms with van der Waals surface area (Å²) in [5.74, 6) is 1.31. The molecular formula is C26H25IN4O3. The summed E-state index contributed by atoms with van der Waals surface area (Å²) in [5, 5.41) is 3.97. The highest BCUT2D eigenvalue weighted by Gasteiger charge is 2.15. The molecule has 1 saturated heterocycles. The fourth-order valence-electron chi connectivity index (χ4n) is 4.07. The van der Waals surface area contributed by atoms with Crippen molar-refractivity contribution in [2.45, 2.75) is 6.54 Å². The van der Waals surface area contributed by atoms with Crippen LogP contribution < -0.4 is 20.5 Å². The molecular weight excluding hydrogens is 543 g/mol. The molecule has 1 aliphatic heterocycles. The molecule has 3 aromatic carbocycles. The Morgan fingerprint density at radius 3 is 2.41 bits per heavy atom. The minimum Gasteiger partial charge on any atom is -0.497 e. The summed E-state index contributed by atoms with van der Waals surface area (Å²) < 4.78 is 13.4. The second-order valence-corrected chi connectivity index (χ2v) is 9.30. The van der Waals surface area contributed by atoms with Crippen LogP contribution in [0, 0.1) is 3.57 Å². The van der Waals surface area contributed by atoms with E-state index in [1.807, 2.05) is 54.6 Å². The number of nitrogens with one attached hydrogen (secondary N) is 1. The SMILES string of the molecule is COc1ccc(CNc2nc3ccc(I)cc3c(=O)n2-c2ccc(N3CCOCC3)cc2)cc1. The highest BCUT2D eigenvalue weighted by molar-refractivity contribution is 14.1. The molecule has 4 aromatic rings. The zero-order valence-electron chi connectivity index (χ0n) is 18.8. The van der Waals surface area contributed by atoms with Crippen LogP contribution in [0.2, 0.25) is 0 Å². The summed E-state index contributed by atoms with van der Waals surface area (Å²) in [6.07, 6.45) is 0. The first-order valence-electron chi connectivity index (χ1n) is 11.1. The fourth-order valence-corrected chi connectivity index (χ4v) is 4.57. The molecule has 0 saturated carbocycles. The van der Waals surface area contributed by atoms with Gasteiger partial charge in [-0.3, -0.25) is 4.79 Å². The van der Waals surface area contributed by atoms with Gasteiger partial charge < -0.3 is 19.7 Å². The molecule has 0 bridgehead atoms. The van der Waals surface area contributed by atoms with Gasteiger partial charge in [-0.15, -0.1) is 0 Å². The predicted molar refractivity (Wildman–Crippen MR) is 143 cm³/mol. The number of anilines is 2. The Bertz CT molecular complexity index is 1350. The lowest BCUT2D eigenvalue weighted by Gasteiger charge is -2.29. The molecule has 1 aliphatic rings. The fraction of sp³-hybridized carbons (Fsp3) is 0.231. The second kappa shape index (κ2) is 10.0. The number of nitrogens with zero attached hydrogens (tertiary/aromatic N) is 3. The molecule has 8 heteroatoms. The van der Waals surface area contributed by atoms with Crippen LogP contribution in [0.1, 0.15) is 5.56 Å². The first-order valence-corrected chi connectivity index (χ1v) is 12.2. The van der Waals surface area contributed by atoms with Crippen LogP contribution in [0.25, 0.3) is 16.6 Å². The molecule has 0 aliphatic carbocycles. The third kappa shape index (κ3) is 4.74. The molecule has 0 spiro atoms. The predicted octanol–water partition coefficient (Wildman–Crippen LogP) is 4.45. The number of ether oxygens (including phenoxy) is 2. The molecule has 2 heterocycles. The van der Waals surface area contributed by atoms with Crippen molar-refractivity contribution in [1.82, 2.24) is 9.55 Å². The van der Waals surface area contributed by atoms with Crippen molar-refractivity contribution in [2.24, 2.45) is 0 Å². The Labute approximate surface area is 211 Å². The van der Waals surface area contributed by atoms with Crippen molar-refractivity contribution in [3.8, 4) is 11.4 Å². The Hall–Kier alpha value is -3.11. The van der Waals surface area contributed by atoms with E-state index in [4.69, 9.17) is 14.5 Å². The minimum atomic E-state index is -0.0973. The van der Waals surface area contributed by atoms with E-state index < -0.39 is 0 Å². The lowest BCUT2D eigenvalue weighted by atomic mass is 10.2. The number of morpholine rings is 1. The summed E-state index contributed by atoms with van der Waals surface area (Å²) >= 11 is 2.22. The topological polar surface area (TPSA) is 68.6 Å². The van der Waals surface area contributed by atoms with Crippen molar-refractivity contribution < 1.29 is 9.47 Å². The maximum Gasteiger partial charge on any atom is 0.267 e. The van der Waals surface area contributed by atoms with Gasteiger partial charge in [0.05, 0.1) is 36.9 Å². The van der Waals surface area contributed by atoms with E-state index in [1.165, 1.54) is 0 Å². The lowest BCUT2D eigenvalue weighted by Crippen LogP contribution is -2.36. The summed E-state index contributed by atoms with van der Waals surface area (Å²) in [6.45, 7) is 3.72. The molecule has 0 radical (unpaired) electrons. The van der Waals surface area contributed by atoms with E-state index in [-0.39, 0.29) is 5.56 Å². The maximum atomic E-state index is 13.6. The van der Waals surface area contributed by atoms with Gasteiger partial charge in [-0.05, 0) is 82.8 Å². The van der Waals surface area contributed by atoms with Crippen LogP contribution >= 0.6 is 22.6 Å². The number of aromatic nitrogens is 2. The molecule has 0 unspecified atom stereocenters. The summed E-state index contributed by atoms with van der Waals surface area (Å²) in [4.78, 5) is 20.7. The normalized spacial score (nSPS) is 13.8. The van der Waals surface area contributed by atoms with Crippen molar-refractivity contribution in [1.29, 1.82) is 0 Å². The second-order valence-electron chi connectivity index (χ2n) is 8.05. The molecule has 0 amide bonds. The van der Waals surface area contributed by atoms with Gasteiger partial charge in [0.1, 0.15) is 5.75 Å². The van der Waals surface area contributed by atoms with Crippen LogP contribution in [0.15, 0.2) is 71.5 Å². The van der Waals surface area contributed by atoms with Gasteiger partial charge in [-0.2, -0.15) is 0 Å².